The highest BCUT2D eigenvalue weighted by molar-refractivity contribution is 6.05. The average molecular weight is 421 g/mol. The molecule has 2 fully saturated rings. The predicted octanol–water partition coefficient (Wildman–Crippen LogP) is 3.67. The molecule has 1 saturated heterocycles. The average Bonchev–Trinajstić information content (AvgIpc) is 3.52. The molecular weight excluding hydrogens is 388 g/mol. The molecule has 0 spiro atoms. The number of nitrogens with zero attached hydrogens (tertiary/aromatic N) is 2. The van der Waals surface area contributed by atoms with Crippen molar-refractivity contribution in [2.24, 2.45) is 11.8 Å². The predicted molar refractivity (Wildman–Crippen MR) is 124 cm³/mol. The van der Waals surface area contributed by atoms with Crippen LogP contribution in [0.3, 0.4) is 0 Å². The standard InChI is InChI=1S/C25H32N4O2/c1-3-28-11-13-29(14-12-28)17-19-7-9-21(10-8-19)26-24(30)20-5-4-6-22(16-20)27-25(31)23-15-18(23)2/h4-10,16,18,23H,3,11-15,17H2,1-2H3,(H,26,30)(H,27,31). The molecule has 0 radical (unpaired) electrons. The molecule has 2 aromatic rings. The number of hydrogen-bond acceptors (Lipinski definition) is 4. The van der Waals surface area contributed by atoms with Gasteiger partial charge in [-0.1, -0.05) is 32.0 Å². The van der Waals surface area contributed by atoms with Gasteiger partial charge in [-0.2, -0.15) is 0 Å². The molecule has 31 heavy (non-hydrogen) atoms. The van der Waals surface area contributed by atoms with E-state index in [1.165, 1.54) is 5.56 Å². The summed E-state index contributed by atoms with van der Waals surface area (Å²) in [5, 5.41) is 5.87. The number of anilines is 2. The maximum absolute atomic E-state index is 12.7. The van der Waals surface area contributed by atoms with Crippen LogP contribution in [0.5, 0.6) is 0 Å². The van der Waals surface area contributed by atoms with E-state index in [1.54, 1.807) is 18.2 Å². The number of piperazine rings is 1. The fraction of sp³-hybridized carbons (Fsp3) is 0.440. The van der Waals surface area contributed by atoms with Crippen molar-refractivity contribution in [1.82, 2.24) is 9.80 Å². The van der Waals surface area contributed by atoms with Gasteiger partial charge in [0.05, 0.1) is 0 Å². The van der Waals surface area contributed by atoms with Gasteiger partial charge < -0.3 is 15.5 Å². The van der Waals surface area contributed by atoms with Gasteiger partial charge in [-0.3, -0.25) is 14.5 Å². The summed E-state index contributed by atoms with van der Waals surface area (Å²) in [5.41, 5.74) is 3.21. The van der Waals surface area contributed by atoms with Crippen molar-refractivity contribution in [1.29, 1.82) is 0 Å². The number of carbonyl (C=O) groups excluding carboxylic acids is 2. The fourth-order valence-electron chi connectivity index (χ4n) is 4.08. The Kier molecular flexibility index (Phi) is 6.68. The minimum Gasteiger partial charge on any atom is -0.326 e. The van der Waals surface area contributed by atoms with Crippen molar-refractivity contribution in [3.63, 3.8) is 0 Å². The molecule has 2 aliphatic rings. The quantitative estimate of drug-likeness (QED) is 0.717. The van der Waals surface area contributed by atoms with Crippen LogP contribution in [0.4, 0.5) is 11.4 Å². The van der Waals surface area contributed by atoms with Gasteiger partial charge in [0.2, 0.25) is 5.91 Å². The Bertz CT molecular complexity index is 919. The number of hydrogen-bond donors (Lipinski definition) is 2. The second-order valence-corrected chi connectivity index (χ2v) is 8.75. The summed E-state index contributed by atoms with van der Waals surface area (Å²) < 4.78 is 0. The second kappa shape index (κ2) is 9.62. The SMILES string of the molecule is CCN1CCN(Cc2ccc(NC(=O)c3cccc(NC(=O)C4CC4C)c3)cc2)CC1. The maximum Gasteiger partial charge on any atom is 0.255 e. The molecule has 1 aliphatic heterocycles. The van der Waals surface area contributed by atoms with E-state index in [2.05, 4.69) is 46.4 Å². The number of carbonyl (C=O) groups is 2. The van der Waals surface area contributed by atoms with Gasteiger partial charge in [0.25, 0.3) is 5.91 Å². The second-order valence-electron chi connectivity index (χ2n) is 8.75. The first-order chi connectivity index (χ1) is 15.0. The van der Waals surface area contributed by atoms with Crippen LogP contribution >= 0.6 is 0 Å². The Hall–Kier alpha value is -2.70. The minimum atomic E-state index is -0.181. The van der Waals surface area contributed by atoms with Gasteiger partial charge in [-0.15, -0.1) is 0 Å². The van der Waals surface area contributed by atoms with Crippen LogP contribution in [0.1, 0.15) is 36.2 Å². The van der Waals surface area contributed by atoms with Crippen LogP contribution in [0.15, 0.2) is 48.5 Å². The van der Waals surface area contributed by atoms with Crippen LogP contribution in [-0.4, -0.2) is 54.3 Å². The summed E-state index contributed by atoms with van der Waals surface area (Å²) in [6, 6.07) is 15.2. The third-order valence-corrected chi connectivity index (χ3v) is 6.37. The van der Waals surface area contributed by atoms with Gasteiger partial charge >= 0.3 is 0 Å². The third-order valence-electron chi connectivity index (χ3n) is 6.37. The van der Waals surface area contributed by atoms with E-state index in [9.17, 15) is 9.59 Å². The minimum absolute atomic E-state index is 0.0387. The van der Waals surface area contributed by atoms with E-state index in [1.807, 2.05) is 18.2 Å². The van der Waals surface area contributed by atoms with E-state index >= 15 is 0 Å². The Morgan fingerprint density at radius 1 is 0.935 bits per heavy atom. The van der Waals surface area contributed by atoms with Crippen molar-refractivity contribution < 1.29 is 9.59 Å². The van der Waals surface area contributed by atoms with Crippen LogP contribution in [0.2, 0.25) is 0 Å². The molecule has 2 aromatic carbocycles. The number of amides is 2. The molecule has 2 atom stereocenters. The zero-order valence-corrected chi connectivity index (χ0v) is 18.4. The summed E-state index contributed by atoms with van der Waals surface area (Å²) in [5.74, 6) is 0.415. The summed E-state index contributed by atoms with van der Waals surface area (Å²) in [6.45, 7) is 10.8. The normalized spacial score (nSPS) is 21.5. The highest BCUT2D eigenvalue weighted by atomic mass is 16.2. The van der Waals surface area contributed by atoms with E-state index in [4.69, 9.17) is 0 Å². The van der Waals surface area contributed by atoms with E-state index < -0.39 is 0 Å². The highest BCUT2D eigenvalue weighted by Crippen LogP contribution is 2.38. The zero-order valence-electron chi connectivity index (χ0n) is 18.4. The van der Waals surface area contributed by atoms with E-state index in [-0.39, 0.29) is 17.7 Å². The van der Waals surface area contributed by atoms with Crippen LogP contribution in [-0.2, 0) is 11.3 Å². The molecule has 0 bridgehead atoms. The molecule has 2 N–H and O–H groups in total. The lowest BCUT2D eigenvalue weighted by Crippen LogP contribution is -2.45. The van der Waals surface area contributed by atoms with Crippen LogP contribution in [0.25, 0.3) is 0 Å². The fourth-order valence-corrected chi connectivity index (χ4v) is 4.08. The molecule has 1 aliphatic carbocycles. The Morgan fingerprint density at radius 3 is 2.26 bits per heavy atom. The van der Waals surface area contributed by atoms with E-state index in [0.29, 0.717) is 17.2 Å². The largest absolute Gasteiger partial charge is 0.326 e. The van der Waals surface area contributed by atoms with Crippen LogP contribution in [0, 0.1) is 11.8 Å². The lowest BCUT2D eigenvalue weighted by atomic mass is 10.1. The lowest BCUT2D eigenvalue weighted by Gasteiger charge is -2.34. The molecule has 0 aromatic heterocycles. The van der Waals surface area contributed by atoms with Crippen molar-refractivity contribution in [3.05, 3.63) is 59.7 Å². The molecule has 2 unspecified atom stereocenters. The first-order valence-corrected chi connectivity index (χ1v) is 11.3. The zero-order chi connectivity index (χ0) is 21.8. The molecule has 6 heteroatoms. The van der Waals surface area contributed by atoms with Gasteiger partial charge in [0.15, 0.2) is 0 Å². The number of likely N-dealkylation sites (N-methyl/N-ethyl adjacent to an activating group) is 1. The summed E-state index contributed by atoms with van der Waals surface area (Å²) in [6.07, 6.45) is 0.941. The van der Waals surface area contributed by atoms with Gasteiger partial charge in [0, 0.05) is 55.6 Å². The summed E-state index contributed by atoms with van der Waals surface area (Å²) in [7, 11) is 0. The van der Waals surface area contributed by atoms with Gasteiger partial charge in [-0.05, 0) is 54.8 Å². The Balaban J connectivity index is 1.30. The molecule has 1 saturated carbocycles. The van der Waals surface area contributed by atoms with Crippen molar-refractivity contribution in [3.8, 4) is 0 Å². The molecule has 1 heterocycles. The smallest absolute Gasteiger partial charge is 0.255 e. The molecule has 164 valence electrons. The van der Waals surface area contributed by atoms with E-state index in [0.717, 1.165) is 51.4 Å². The number of rotatable bonds is 7. The molecule has 4 rings (SSSR count). The topological polar surface area (TPSA) is 64.7 Å². The molecular formula is C25H32N4O2. The van der Waals surface area contributed by atoms with Gasteiger partial charge in [0.1, 0.15) is 0 Å². The monoisotopic (exact) mass is 420 g/mol. The highest BCUT2D eigenvalue weighted by Gasteiger charge is 2.39. The number of benzene rings is 2. The van der Waals surface area contributed by atoms with Gasteiger partial charge in [-0.25, -0.2) is 0 Å². The first-order valence-electron chi connectivity index (χ1n) is 11.3. The third kappa shape index (κ3) is 5.71. The lowest BCUT2D eigenvalue weighted by molar-refractivity contribution is -0.117. The van der Waals surface area contributed by atoms with Crippen molar-refractivity contribution in [2.45, 2.75) is 26.8 Å². The maximum atomic E-state index is 12.7. The van der Waals surface area contributed by atoms with Crippen molar-refractivity contribution in [2.75, 3.05) is 43.4 Å². The summed E-state index contributed by atoms with van der Waals surface area (Å²) in [4.78, 5) is 29.8. The molecule has 2 amide bonds. The van der Waals surface area contributed by atoms with Crippen LogP contribution < -0.4 is 10.6 Å². The molecule has 6 nitrogen and oxygen atoms in total. The summed E-state index contributed by atoms with van der Waals surface area (Å²) >= 11 is 0. The Labute approximate surface area is 184 Å². The first kappa shape index (κ1) is 21.5. The Morgan fingerprint density at radius 2 is 1.61 bits per heavy atom. The number of nitrogens with one attached hydrogen (secondary N) is 2. The van der Waals surface area contributed by atoms with Crippen molar-refractivity contribution >= 4 is 23.2 Å².